The molecule has 0 amide bonds. The Kier molecular flexibility index (Phi) is 27.0. The highest BCUT2D eigenvalue weighted by atomic mass is 31.2. The second-order valence-corrected chi connectivity index (χ2v) is 18.9. The fourth-order valence-corrected chi connectivity index (χ4v) is 7.65. The quantitative estimate of drug-likeness (QED) is 0.0172. The van der Waals surface area contributed by atoms with Gasteiger partial charge in [-0.25, -0.2) is 4.57 Å². The van der Waals surface area contributed by atoms with E-state index in [1.165, 1.54) is 56.1 Å². The van der Waals surface area contributed by atoms with E-state index >= 15 is 0 Å². The first-order valence-electron chi connectivity index (χ1n) is 22.9. The van der Waals surface area contributed by atoms with E-state index < -0.39 is 32.5 Å². The van der Waals surface area contributed by atoms with E-state index in [0.29, 0.717) is 36.1 Å². The van der Waals surface area contributed by atoms with Crippen LogP contribution in [0, 0.1) is 13.8 Å². The number of allylic oxidation sites excluding steroid dienone is 1. The summed E-state index contributed by atoms with van der Waals surface area (Å²) in [5, 5.41) is 0. The molecule has 0 bridgehead atoms. The average Bonchev–Trinajstić information content (AvgIpc) is 3.86. The van der Waals surface area contributed by atoms with E-state index in [4.69, 9.17) is 27.7 Å². The molecule has 1 aliphatic heterocycles. The number of carbonyl (C=O) groups is 2. The lowest BCUT2D eigenvalue weighted by Crippen LogP contribution is -2.37. The second kappa shape index (κ2) is 30.1. The van der Waals surface area contributed by atoms with Crippen LogP contribution in [0.25, 0.3) is 0 Å². The van der Waals surface area contributed by atoms with Gasteiger partial charge in [0.2, 0.25) is 0 Å². The molecule has 1 fully saturated rings. The first-order valence-corrected chi connectivity index (χ1v) is 24.4. The number of unbranched alkanes of at least 4 members (excludes halogenated alkanes) is 14. The number of phosphoric acid groups is 1. The number of furan rings is 1. The largest absolute Gasteiger partial charge is 0.472 e. The summed E-state index contributed by atoms with van der Waals surface area (Å²) in [4.78, 5) is 35.6. The fraction of sp³-hybridized carbons (Fsp3) is 0.826. The molecule has 2 heterocycles. The summed E-state index contributed by atoms with van der Waals surface area (Å²) in [7, 11) is 1.43. The molecule has 12 heteroatoms. The number of carbonyl (C=O) groups excluding carboxylic acids is 2. The highest BCUT2D eigenvalue weighted by molar-refractivity contribution is 7.47. The summed E-state index contributed by atoms with van der Waals surface area (Å²) in [5.74, 6) is 1.43. The molecule has 0 aliphatic carbocycles. The number of ether oxygens (including phenoxy) is 3. The third-order valence-electron chi connectivity index (χ3n) is 10.9. The Morgan fingerprint density at radius 2 is 1.29 bits per heavy atom. The lowest BCUT2D eigenvalue weighted by Gasteiger charge is -2.24. The maximum atomic E-state index is 12.8. The SMILES string of the molecule is CCCCCc1oc(CCCCCCCCC(=O)O[C@H](COC(=O)CCCCCCC/C=C\CC2OC2CCCCC)COP(=O)(O)OCC[N+](C)(C)C)c(C)c1C. The number of nitrogens with zero attached hydrogens (tertiary/aromatic N) is 1. The predicted octanol–water partition coefficient (Wildman–Crippen LogP) is 11.2. The van der Waals surface area contributed by atoms with Crippen molar-refractivity contribution in [2.45, 2.75) is 200 Å². The van der Waals surface area contributed by atoms with Crippen LogP contribution in [0.4, 0.5) is 0 Å². The molecule has 1 aliphatic rings. The molecule has 1 saturated heterocycles. The van der Waals surface area contributed by atoms with E-state index in [1.54, 1.807) is 0 Å². The minimum absolute atomic E-state index is 0.0190. The van der Waals surface area contributed by atoms with Gasteiger partial charge in [-0.1, -0.05) is 103 Å². The van der Waals surface area contributed by atoms with Crippen molar-refractivity contribution in [3.05, 3.63) is 34.8 Å². The second-order valence-electron chi connectivity index (χ2n) is 17.4. The van der Waals surface area contributed by atoms with Crippen LogP contribution in [0.15, 0.2) is 16.6 Å². The summed E-state index contributed by atoms with van der Waals surface area (Å²) in [6.45, 7) is 8.63. The first-order chi connectivity index (χ1) is 27.7. The van der Waals surface area contributed by atoms with Gasteiger partial charge < -0.3 is 28.0 Å². The van der Waals surface area contributed by atoms with Crippen molar-refractivity contribution in [2.24, 2.45) is 0 Å². The van der Waals surface area contributed by atoms with Crippen LogP contribution in [-0.2, 0) is 50.3 Å². The summed E-state index contributed by atoms with van der Waals surface area (Å²) in [5.41, 5.74) is 2.60. The van der Waals surface area contributed by atoms with Gasteiger partial charge in [-0.15, -0.1) is 0 Å². The molecule has 1 N–H and O–H groups in total. The molecule has 2 rings (SSSR count). The monoisotopic (exact) mass is 841 g/mol. The van der Waals surface area contributed by atoms with Crippen molar-refractivity contribution in [3.63, 3.8) is 0 Å². The number of rotatable bonds is 37. The van der Waals surface area contributed by atoms with Crippen molar-refractivity contribution < 1.29 is 51.2 Å². The number of hydrogen-bond acceptors (Lipinski definition) is 9. The molecule has 0 radical (unpaired) electrons. The van der Waals surface area contributed by atoms with Crippen molar-refractivity contribution in [2.75, 3.05) is 47.5 Å². The van der Waals surface area contributed by atoms with Gasteiger partial charge in [0.15, 0.2) is 6.10 Å². The van der Waals surface area contributed by atoms with Gasteiger partial charge in [0.1, 0.15) is 31.3 Å². The van der Waals surface area contributed by atoms with Gasteiger partial charge in [-0.3, -0.25) is 18.6 Å². The predicted molar refractivity (Wildman–Crippen MR) is 232 cm³/mol. The Balaban J connectivity index is 1.65. The van der Waals surface area contributed by atoms with Gasteiger partial charge in [0.05, 0.1) is 40.0 Å². The summed E-state index contributed by atoms with van der Waals surface area (Å²) in [6, 6.07) is 0. The van der Waals surface area contributed by atoms with Gasteiger partial charge >= 0.3 is 19.8 Å². The van der Waals surface area contributed by atoms with Crippen molar-refractivity contribution in [3.8, 4) is 0 Å². The highest BCUT2D eigenvalue weighted by Crippen LogP contribution is 2.43. The Labute approximate surface area is 352 Å². The maximum Gasteiger partial charge on any atom is 0.472 e. The molecular formula is C46H83NO10P+. The number of epoxide rings is 1. The molecule has 3 unspecified atom stereocenters. The van der Waals surface area contributed by atoms with Crippen LogP contribution in [0.2, 0.25) is 0 Å². The van der Waals surface area contributed by atoms with Crippen LogP contribution in [0.3, 0.4) is 0 Å². The standard InChI is InChI=1S/C46H82NO10P/c1-8-10-22-28-41-38(3)39(4)42(56-41)29-24-18-16-17-21-27-33-46(49)55-40(37-54-58(50,51)53-35-34-47(5,6)7)36-52-45(48)32-26-20-15-13-12-14-19-25-31-44-43(57-44)30-23-11-9-2/h19,25,40,43-44H,8-18,20-24,26-37H2,1-7H3/p+1/b25-19-/t40-,43?,44?/m1/s1. The van der Waals surface area contributed by atoms with E-state index in [-0.39, 0.29) is 26.1 Å². The van der Waals surface area contributed by atoms with Crippen LogP contribution in [0.5, 0.6) is 0 Å². The normalized spacial score (nSPS) is 17.1. The number of likely N-dealkylation sites (N-methyl/N-ethyl adjacent to an activating group) is 1. The summed E-state index contributed by atoms with van der Waals surface area (Å²) < 4.78 is 46.4. The van der Waals surface area contributed by atoms with Crippen LogP contribution < -0.4 is 0 Å². The van der Waals surface area contributed by atoms with Crippen molar-refractivity contribution in [1.82, 2.24) is 0 Å². The van der Waals surface area contributed by atoms with Crippen LogP contribution in [0.1, 0.15) is 178 Å². The number of esters is 2. The first kappa shape index (κ1) is 52.1. The van der Waals surface area contributed by atoms with Gasteiger partial charge in [-0.2, -0.15) is 0 Å². The summed E-state index contributed by atoms with van der Waals surface area (Å²) >= 11 is 0. The Morgan fingerprint density at radius 1 is 0.724 bits per heavy atom. The molecule has 0 aromatic carbocycles. The molecule has 0 saturated carbocycles. The van der Waals surface area contributed by atoms with Gasteiger partial charge in [0.25, 0.3) is 0 Å². The Hall–Kier alpha value is -2.01. The third-order valence-corrected chi connectivity index (χ3v) is 11.9. The average molecular weight is 841 g/mol. The number of quaternary nitrogens is 1. The maximum absolute atomic E-state index is 12.8. The zero-order valence-electron chi connectivity index (χ0n) is 37.7. The van der Waals surface area contributed by atoms with E-state index in [9.17, 15) is 19.0 Å². The van der Waals surface area contributed by atoms with Crippen LogP contribution >= 0.6 is 7.82 Å². The molecule has 11 nitrogen and oxygen atoms in total. The number of hydrogen-bond donors (Lipinski definition) is 1. The zero-order valence-corrected chi connectivity index (χ0v) is 38.6. The zero-order chi connectivity index (χ0) is 42.7. The fourth-order valence-electron chi connectivity index (χ4n) is 6.90. The van der Waals surface area contributed by atoms with Crippen LogP contribution in [-0.4, -0.2) is 87.1 Å². The van der Waals surface area contributed by atoms with Gasteiger partial charge in [0, 0.05) is 25.7 Å². The molecule has 0 spiro atoms. The minimum Gasteiger partial charge on any atom is -0.466 e. The molecule has 58 heavy (non-hydrogen) atoms. The summed E-state index contributed by atoms with van der Waals surface area (Å²) in [6.07, 6.45) is 28.3. The van der Waals surface area contributed by atoms with E-state index in [2.05, 4.69) is 39.8 Å². The Morgan fingerprint density at radius 3 is 1.93 bits per heavy atom. The smallest absolute Gasteiger partial charge is 0.466 e. The lowest BCUT2D eigenvalue weighted by molar-refractivity contribution is -0.870. The van der Waals surface area contributed by atoms with Crippen molar-refractivity contribution >= 4 is 19.8 Å². The Bertz CT molecular complexity index is 1340. The number of aryl methyl sites for hydroxylation is 2. The van der Waals surface area contributed by atoms with Crippen molar-refractivity contribution in [1.29, 1.82) is 0 Å². The van der Waals surface area contributed by atoms with E-state index in [0.717, 1.165) is 95.0 Å². The molecule has 4 atom stereocenters. The molecule has 1 aromatic heterocycles. The molecule has 336 valence electrons. The number of phosphoric ester groups is 1. The van der Waals surface area contributed by atoms with E-state index in [1.807, 2.05) is 21.1 Å². The highest BCUT2D eigenvalue weighted by Gasteiger charge is 2.36. The van der Waals surface area contributed by atoms with Gasteiger partial charge in [-0.05, 0) is 76.3 Å². The molecular weight excluding hydrogens is 757 g/mol. The minimum atomic E-state index is -4.40. The third kappa shape index (κ3) is 25.6. The molecule has 1 aromatic rings. The topological polar surface area (TPSA) is 134 Å². The lowest BCUT2D eigenvalue weighted by atomic mass is 10.0.